The first-order valence-corrected chi connectivity index (χ1v) is 16.9. The van der Waals surface area contributed by atoms with E-state index in [2.05, 4.69) is 65.0 Å². The zero-order chi connectivity index (χ0) is 24.8. The molecule has 0 nitrogen and oxygen atoms in total. The second kappa shape index (κ2) is 10.4. The van der Waals surface area contributed by atoms with Crippen LogP contribution in [0.4, 0.5) is 4.39 Å². The van der Waals surface area contributed by atoms with E-state index in [1.165, 1.54) is 62.2 Å². The summed E-state index contributed by atoms with van der Waals surface area (Å²) in [7, 11) is 0. The number of halogens is 1. The molecule has 4 aliphatic carbocycles. The summed E-state index contributed by atoms with van der Waals surface area (Å²) in [5.74, 6) is 5.96. The fraction of sp³-hybridized carbons (Fsp3) is 0.818. The van der Waals surface area contributed by atoms with Gasteiger partial charge in [-0.1, -0.05) is 13.8 Å². The zero-order valence-corrected chi connectivity index (χ0v) is 24.9. The molecule has 0 saturated heterocycles. The maximum atomic E-state index is 15.5. The van der Waals surface area contributed by atoms with Crippen LogP contribution in [0.3, 0.4) is 0 Å². The van der Waals surface area contributed by atoms with Gasteiger partial charge in [-0.05, 0) is 5.92 Å². The van der Waals surface area contributed by atoms with Crippen LogP contribution in [-0.2, 0) is 0 Å². The van der Waals surface area contributed by atoms with E-state index < -0.39 is 6.17 Å². The zero-order valence-electron chi connectivity index (χ0n) is 23.1. The summed E-state index contributed by atoms with van der Waals surface area (Å²) in [6.45, 7) is 12.7. The Morgan fingerprint density at radius 1 is 0.914 bits per heavy atom. The molecule has 2 heteroatoms. The van der Waals surface area contributed by atoms with Gasteiger partial charge >= 0.3 is 203 Å². The van der Waals surface area contributed by atoms with Gasteiger partial charge in [0.2, 0.25) is 0 Å². The van der Waals surface area contributed by atoms with Crippen molar-refractivity contribution in [1.82, 2.24) is 0 Å². The van der Waals surface area contributed by atoms with Crippen molar-refractivity contribution in [3.63, 3.8) is 0 Å². The van der Waals surface area contributed by atoms with Gasteiger partial charge in [0.15, 0.2) is 0 Å². The Hall–Kier alpha value is -0.331. The molecule has 0 spiro atoms. The topological polar surface area (TPSA) is 0 Å². The summed E-state index contributed by atoms with van der Waals surface area (Å²) >= 11 is 0.259. The predicted octanol–water partition coefficient (Wildman–Crippen LogP) is 8.87. The van der Waals surface area contributed by atoms with Crippen molar-refractivity contribution in [3.05, 3.63) is 30.3 Å². The van der Waals surface area contributed by atoms with E-state index in [0.29, 0.717) is 16.7 Å². The predicted molar refractivity (Wildman–Crippen MR) is 149 cm³/mol. The van der Waals surface area contributed by atoms with Gasteiger partial charge in [0.05, 0.1) is 0 Å². The van der Waals surface area contributed by atoms with E-state index in [0.717, 1.165) is 48.3 Å². The van der Waals surface area contributed by atoms with Crippen LogP contribution >= 0.6 is 0 Å². The molecule has 5 rings (SSSR count). The summed E-state index contributed by atoms with van der Waals surface area (Å²) in [6, 6.07) is 10.8. The van der Waals surface area contributed by atoms with Crippen molar-refractivity contribution in [2.75, 3.05) is 0 Å². The molecule has 0 aromatic heterocycles. The summed E-state index contributed by atoms with van der Waals surface area (Å²) in [5.41, 5.74) is 0.932. The Bertz CT molecular complexity index is 837. The molecule has 0 aliphatic heterocycles. The third kappa shape index (κ3) is 4.94. The van der Waals surface area contributed by atoms with Gasteiger partial charge in [-0.3, -0.25) is 0 Å². The van der Waals surface area contributed by atoms with Gasteiger partial charge in [0, 0.05) is 0 Å². The molecule has 4 aliphatic rings. The minimum absolute atomic E-state index is 0.259. The summed E-state index contributed by atoms with van der Waals surface area (Å²) < 4.78 is 16.9. The van der Waals surface area contributed by atoms with E-state index in [-0.39, 0.29) is 19.8 Å². The second-order valence-electron chi connectivity index (χ2n) is 14.1. The number of fused-ring (bicyclic) bond motifs is 5. The standard InChI is InChI=1S/C33H51FSe/c1-22(2)10-9-11-23(3)27-16-17-28-26-15-14-24-20-30(34)31(35-25-12-7-6-8-13-25)21-33(24,5)29(26)18-19-32(27,28)4/h6-8,12-13,22-24,26-31H,9-11,14-21H2,1-5H3/t23-,24+,26+,27-,28+,29+,30+,31+,32-,33+/m1/s1. The molecule has 4 fully saturated rings. The van der Waals surface area contributed by atoms with E-state index >= 15 is 4.39 Å². The van der Waals surface area contributed by atoms with Gasteiger partial charge in [-0.2, -0.15) is 0 Å². The number of hydrogen-bond donors (Lipinski definition) is 0. The minimum atomic E-state index is -0.582. The van der Waals surface area contributed by atoms with Crippen molar-refractivity contribution in [1.29, 1.82) is 0 Å². The first-order chi connectivity index (χ1) is 16.7. The first-order valence-electron chi connectivity index (χ1n) is 15.1. The second-order valence-corrected chi connectivity index (χ2v) is 16.9. The molecule has 0 radical (unpaired) electrons. The molecule has 10 atom stereocenters. The summed E-state index contributed by atoms with van der Waals surface area (Å²) in [5, 5.41) is 0. The van der Waals surface area contributed by atoms with Gasteiger partial charge in [0.1, 0.15) is 0 Å². The number of benzene rings is 1. The van der Waals surface area contributed by atoms with Crippen LogP contribution in [0.2, 0.25) is 4.82 Å². The Labute approximate surface area is 222 Å². The molecule has 1 aromatic carbocycles. The van der Waals surface area contributed by atoms with E-state index in [9.17, 15) is 0 Å². The monoisotopic (exact) mass is 546 g/mol. The van der Waals surface area contributed by atoms with Crippen molar-refractivity contribution >= 4 is 19.4 Å². The van der Waals surface area contributed by atoms with Crippen LogP contribution in [0, 0.1) is 52.3 Å². The van der Waals surface area contributed by atoms with E-state index in [1.54, 1.807) is 0 Å². The number of hydrogen-bond acceptors (Lipinski definition) is 0. The molecule has 0 amide bonds. The molecule has 35 heavy (non-hydrogen) atoms. The van der Waals surface area contributed by atoms with Crippen molar-refractivity contribution in [2.45, 2.75) is 116 Å². The van der Waals surface area contributed by atoms with Crippen LogP contribution in [0.15, 0.2) is 30.3 Å². The fourth-order valence-electron chi connectivity index (χ4n) is 10.0. The van der Waals surface area contributed by atoms with Crippen LogP contribution < -0.4 is 4.46 Å². The quantitative estimate of drug-likeness (QED) is 0.300. The van der Waals surface area contributed by atoms with E-state index in [4.69, 9.17) is 0 Å². The van der Waals surface area contributed by atoms with E-state index in [1.807, 2.05) is 0 Å². The van der Waals surface area contributed by atoms with Crippen molar-refractivity contribution in [3.8, 4) is 0 Å². The maximum absolute atomic E-state index is 15.5. The van der Waals surface area contributed by atoms with Crippen LogP contribution in [-0.4, -0.2) is 21.1 Å². The Balaban J connectivity index is 1.30. The van der Waals surface area contributed by atoms with Crippen molar-refractivity contribution in [2.24, 2.45) is 52.3 Å². The molecule has 4 saturated carbocycles. The average Bonchev–Trinajstić information content (AvgIpc) is 3.18. The molecule has 196 valence electrons. The first kappa shape index (κ1) is 26.3. The Morgan fingerprint density at radius 2 is 1.66 bits per heavy atom. The molecule has 0 unspecified atom stereocenters. The third-order valence-corrected chi connectivity index (χ3v) is 14.6. The average molecular weight is 546 g/mol. The number of rotatable bonds is 7. The molecule has 1 aromatic rings. The number of alkyl halides is 1. The van der Waals surface area contributed by atoms with Crippen molar-refractivity contribution < 1.29 is 4.39 Å². The molecule has 0 bridgehead atoms. The normalized spacial score (nSPS) is 43.9. The molecular weight excluding hydrogens is 494 g/mol. The molecule has 0 N–H and O–H groups in total. The SMILES string of the molecule is CC(C)CCC[C@@H](C)[C@H]1CC[C@H]2[C@@H]3CC[C@H]4C[C@H](F)[C@@H]([Se]c5ccccc5)C[C@]4(C)[C@H]3CC[C@]12C. The Kier molecular flexibility index (Phi) is 7.84. The van der Waals surface area contributed by atoms with Gasteiger partial charge in [-0.25, -0.2) is 0 Å². The van der Waals surface area contributed by atoms with Crippen LogP contribution in [0.5, 0.6) is 0 Å². The fourth-order valence-corrected chi connectivity index (χ4v) is 12.9. The molecule has 0 heterocycles. The third-order valence-electron chi connectivity index (χ3n) is 11.9. The summed E-state index contributed by atoms with van der Waals surface area (Å²) in [4.78, 5) is 0.274. The molecular formula is C33H51FSe. The van der Waals surface area contributed by atoms with Crippen LogP contribution in [0.25, 0.3) is 0 Å². The summed E-state index contributed by atoms with van der Waals surface area (Å²) in [6.07, 6.45) is 14.1. The van der Waals surface area contributed by atoms with Gasteiger partial charge in [0.25, 0.3) is 0 Å². The Morgan fingerprint density at radius 3 is 2.40 bits per heavy atom. The van der Waals surface area contributed by atoms with Gasteiger partial charge < -0.3 is 0 Å². The van der Waals surface area contributed by atoms with Crippen LogP contribution in [0.1, 0.15) is 105 Å². The van der Waals surface area contributed by atoms with Gasteiger partial charge in [-0.15, -0.1) is 0 Å².